The molecule has 2 N–H and O–H groups in total. The first-order valence-electron chi connectivity index (χ1n) is 8.38. The lowest BCUT2D eigenvalue weighted by molar-refractivity contribution is 0.0725. The van der Waals surface area contributed by atoms with E-state index in [4.69, 9.17) is 10.2 Å². The van der Waals surface area contributed by atoms with E-state index < -0.39 is 0 Å². The number of nitrogens with zero attached hydrogens (tertiary/aromatic N) is 2. The zero-order valence-electron chi connectivity index (χ0n) is 13.6. The van der Waals surface area contributed by atoms with Crippen molar-refractivity contribution >= 4 is 0 Å². The summed E-state index contributed by atoms with van der Waals surface area (Å²) in [6.45, 7) is 11.9. The largest absolute Gasteiger partial charge is 0.464 e. The van der Waals surface area contributed by atoms with Crippen molar-refractivity contribution in [3.63, 3.8) is 0 Å². The minimum atomic E-state index is 0.238. The smallest absolute Gasteiger partial charge is 0.122 e. The minimum absolute atomic E-state index is 0.238. The summed E-state index contributed by atoms with van der Waals surface area (Å²) in [4.78, 5) is 5.02. The SMILES string of the molecule is CC1CC1c1ccc(C(CN)N2CCN(C(C)C)CC2)o1. The van der Waals surface area contributed by atoms with Crippen LogP contribution in [0, 0.1) is 5.92 Å². The Labute approximate surface area is 128 Å². The highest BCUT2D eigenvalue weighted by Gasteiger charge is 2.37. The molecule has 2 fully saturated rings. The molecule has 1 aromatic rings. The van der Waals surface area contributed by atoms with Gasteiger partial charge in [0.05, 0.1) is 6.04 Å². The lowest BCUT2D eigenvalue weighted by atomic mass is 10.1. The molecule has 0 amide bonds. The number of piperazine rings is 1. The molecule has 1 saturated carbocycles. The first-order valence-corrected chi connectivity index (χ1v) is 8.38. The molecule has 3 atom stereocenters. The topological polar surface area (TPSA) is 45.6 Å². The molecule has 4 nitrogen and oxygen atoms in total. The molecular weight excluding hydrogens is 262 g/mol. The van der Waals surface area contributed by atoms with Crippen molar-refractivity contribution in [1.82, 2.24) is 9.80 Å². The molecular formula is C17H29N3O. The van der Waals surface area contributed by atoms with Crippen LogP contribution in [0.15, 0.2) is 16.5 Å². The van der Waals surface area contributed by atoms with Crippen LogP contribution < -0.4 is 5.73 Å². The molecule has 1 aromatic heterocycles. The maximum Gasteiger partial charge on any atom is 0.122 e. The van der Waals surface area contributed by atoms with Crippen LogP contribution in [0.25, 0.3) is 0 Å². The second-order valence-corrected chi connectivity index (χ2v) is 6.98. The Morgan fingerprint density at radius 2 is 1.81 bits per heavy atom. The maximum absolute atomic E-state index is 6.12. The fraction of sp³-hybridized carbons (Fsp3) is 0.765. The van der Waals surface area contributed by atoms with E-state index in [1.54, 1.807) is 0 Å². The van der Waals surface area contributed by atoms with Crippen LogP contribution in [0.1, 0.15) is 50.7 Å². The first kappa shape index (κ1) is 15.1. The molecule has 118 valence electrons. The van der Waals surface area contributed by atoms with Crippen LogP contribution >= 0.6 is 0 Å². The molecule has 3 rings (SSSR count). The summed E-state index contributed by atoms with van der Waals surface area (Å²) < 4.78 is 6.12. The monoisotopic (exact) mass is 291 g/mol. The van der Waals surface area contributed by atoms with Gasteiger partial charge in [-0.1, -0.05) is 6.92 Å². The lowest BCUT2D eigenvalue weighted by Gasteiger charge is -2.39. The Morgan fingerprint density at radius 3 is 2.33 bits per heavy atom. The van der Waals surface area contributed by atoms with Gasteiger partial charge in [0.15, 0.2) is 0 Å². The zero-order chi connectivity index (χ0) is 15.0. The Bertz CT molecular complexity index is 462. The van der Waals surface area contributed by atoms with Crippen molar-refractivity contribution in [3.05, 3.63) is 23.7 Å². The van der Waals surface area contributed by atoms with E-state index in [0.717, 1.165) is 43.6 Å². The van der Waals surface area contributed by atoms with Gasteiger partial charge in [0.2, 0.25) is 0 Å². The highest BCUT2D eigenvalue weighted by Crippen LogP contribution is 2.47. The number of hydrogen-bond donors (Lipinski definition) is 1. The number of nitrogens with two attached hydrogens (primary N) is 1. The molecule has 2 aliphatic rings. The van der Waals surface area contributed by atoms with Crippen molar-refractivity contribution in [1.29, 1.82) is 0 Å². The van der Waals surface area contributed by atoms with Crippen molar-refractivity contribution in [3.8, 4) is 0 Å². The van der Waals surface area contributed by atoms with Gasteiger partial charge in [-0.05, 0) is 38.3 Å². The van der Waals surface area contributed by atoms with Gasteiger partial charge in [-0.25, -0.2) is 0 Å². The summed E-state index contributed by atoms with van der Waals surface area (Å²) in [7, 11) is 0. The fourth-order valence-corrected chi connectivity index (χ4v) is 3.48. The molecule has 3 unspecified atom stereocenters. The van der Waals surface area contributed by atoms with Gasteiger partial charge in [0, 0.05) is 44.7 Å². The second kappa shape index (κ2) is 6.11. The number of hydrogen-bond acceptors (Lipinski definition) is 4. The molecule has 0 spiro atoms. The van der Waals surface area contributed by atoms with Gasteiger partial charge in [0.25, 0.3) is 0 Å². The lowest BCUT2D eigenvalue weighted by Crippen LogP contribution is -2.50. The highest BCUT2D eigenvalue weighted by atomic mass is 16.3. The number of rotatable bonds is 5. The molecule has 1 saturated heterocycles. The third-order valence-corrected chi connectivity index (χ3v) is 5.19. The second-order valence-electron chi connectivity index (χ2n) is 6.98. The maximum atomic E-state index is 6.12. The van der Waals surface area contributed by atoms with Crippen LogP contribution in [0.3, 0.4) is 0 Å². The normalized spacial score (nSPS) is 29.0. The molecule has 2 heterocycles. The van der Waals surface area contributed by atoms with E-state index in [1.807, 2.05) is 0 Å². The van der Waals surface area contributed by atoms with Crippen LogP contribution in [-0.4, -0.2) is 48.6 Å². The predicted molar refractivity (Wildman–Crippen MR) is 85.3 cm³/mol. The Morgan fingerprint density at radius 1 is 1.19 bits per heavy atom. The van der Waals surface area contributed by atoms with Gasteiger partial charge in [-0.15, -0.1) is 0 Å². The van der Waals surface area contributed by atoms with Crippen LogP contribution in [0.4, 0.5) is 0 Å². The molecule has 0 radical (unpaired) electrons. The van der Waals surface area contributed by atoms with Crippen molar-refractivity contribution in [2.75, 3.05) is 32.7 Å². The van der Waals surface area contributed by atoms with Crippen LogP contribution in [0.5, 0.6) is 0 Å². The van der Waals surface area contributed by atoms with Crippen LogP contribution in [-0.2, 0) is 0 Å². The average Bonchev–Trinajstić information content (AvgIpc) is 3.01. The fourth-order valence-electron chi connectivity index (χ4n) is 3.48. The van der Waals surface area contributed by atoms with Gasteiger partial charge >= 0.3 is 0 Å². The van der Waals surface area contributed by atoms with E-state index >= 15 is 0 Å². The van der Waals surface area contributed by atoms with Gasteiger partial charge < -0.3 is 10.2 Å². The Balaban J connectivity index is 1.64. The van der Waals surface area contributed by atoms with Gasteiger partial charge in [0.1, 0.15) is 11.5 Å². The van der Waals surface area contributed by atoms with Crippen molar-refractivity contribution < 1.29 is 4.42 Å². The Hall–Kier alpha value is -0.840. The van der Waals surface area contributed by atoms with Crippen LogP contribution in [0.2, 0.25) is 0 Å². The minimum Gasteiger partial charge on any atom is -0.464 e. The van der Waals surface area contributed by atoms with E-state index in [9.17, 15) is 0 Å². The molecule has 1 aliphatic carbocycles. The zero-order valence-corrected chi connectivity index (χ0v) is 13.6. The Kier molecular flexibility index (Phi) is 4.38. The van der Waals surface area contributed by atoms with E-state index in [2.05, 4.69) is 42.7 Å². The highest BCUT2D eigenvalue weighted by molar-refractivity contribution is 5.19. The van der Waals surface area contributed by atoms with Crippen molar-refractivity contribution in [2.45, 2.75) is 45.2 Å². The quantitative estimate of drug-likeness (QED) is 0.905. The van der Waals surface area contributed by atoms with Gasteiger partial charge in [-0.2, -0.15) is 0 Å². The molecule has 0 bridgehead atoms. The van der Waals surface area contributed by atoms with E-state index in [1.165, 1.54) is 6.42 Å². The summed E-state index contributed by atoms with van der Waals surface area (Å²) in [6.07, 6.45) is 1.27. The van der Waals surface area contributed by atoms with Crippen molar-refractivity contribution in [2.24, 2.45) is 11.7 Å². The third kappa shape index (κ3) is 3.17. The summed E-state index contributed by atoms with van der Waals surface area (Å²) in [6, 6.07) is 5.18. The summed E-state index contributed by atoms with van der Waals surface area (Å²) in [5.74, 6) is 3.66. The molecule has 21 heavy (non-hydrogen) atoms. The third-order valence-electron chi connectivity index (χ3n) is 5.19. The summed E-state index contributed by atoms with van der Waals surface area (Å²) in [5, 5.41) is 0. The average molecular weight is 291 g/mol. The molecule has 4 heteroatoms. The number of furan rings is 1. The van der Waals surface area contributed by atoms with E-state index in [-0.39, 0.29) is 6.04 Å². The molecule has 0 aromatic carbocycles. The summed E-state index contributed by atoms with van der Waals surface area (Å²) >= 11 is 0. The first-order chi connectivity index (χ1) is 10.1. The van der Waals surface area contributed by atoms with E-state index in [0.29, 0.717) is 18.5 Å². The molecule has 1 aliphatic heterocycles. The predicted octanol–water partition coefficient (Wildman–Crippen LogP) is 2.43. The standard InChI is InChI=1S/C17H29N3O/c1-12(2)19-6-8-20(9-7-19)15(11-18)17-5-4-16(21-17)14-10-13(14)3/h4-5,12-15H,6-11,18H2,1-3H3. The van der Waals surface area contributed by atoms with Gasteiger partial charge in [-0.3, -0.25) is 9.80 Å². The summed E-state index contributed by atoms with van der Waals surface area (Å²) in [5.41, 5.74) is 6.04.